The van der Waals surface area contributed by atoms with Crippen molar-refractivity contribution < 1.29 is 4.74 Å². The molecule has 0 radical (unpaired) electrons. The number of ether oxygens (including phenoxy) is 1. The molecule has 0 spiro atoms. The van der Waals surface area contributed by atoms with E-state index >= 15 is 0 Å². The topological polar surface area (TPSA) is 49.9 Å². The lowest BCUT2D eigenvalue weighted by Gasteiger charge is -2.24. The number of hydrogen-bond donors (Lipinski definition) is 2. The van der Waals surface area contributed by atoms with E-state index in [1.807, 2.05) is 0 Å². The average molecular weight is 307 g/mol. The van der Waals surface area contributed by atoms with Gasteiger partial charge < -0.3 is 15.0 Å². The van der Waals surface area contributed by atoms with Crippen molar-refractivity contribution in [2.75, 3.05) is 19.7 Å². The summed E-state index contributed by atoms with van der Waals surface area (Å²) in [4.78, 5) is 8.15. The second-order valence-electron chi connectivity index (χ2n) is 6.22. The van der Waals surface area contributed by atoms with Gasteiger partial charge in [0.25, 0.3) is 0 Å². The van der Waals surface area contributed by atoms with Crippen LogP contribution in [0.1, 0.15) is 22.8 Å². The molecule has 0 amide bonds. The second-order valence-corrected chi connectivity index (χ2v) is 6.22. The molecule has 0 unspecified atom stereocenters. The molecule has 118 valence electrons. The molecule has 1 aliphatic heterocycles. The van der Waals surface area contributed by atoms with Crippen molar-refractivity contribution in [1.29, 1.82) is 0 Å². The molecule has 2 heterocycles. The van der Waals surface area contributed by atoms with E-state index in [0.29, 0.717) is 0 Å². The van der Waals surface area contributed by atoms with Gasteiger partial charge in [0.05, 0.1) is 23.7 Å². The second kappa shape index (κ2) is 5.80. The summed E-state index contributed by atoms with van der Waals surface area (Å²) >= 11 is 0. The zero-order valence-electron chi connectivity index (χ0n) is 13.5. The van der Waals surface area contributed by atoms with Crippen LogP contribution in [0.25, 0.3) is 22.4 Å². The zero-order valence-corrected chi connectivity index (χ0v) is 13.5. The molecule has 3 aromatic rings. The predicted molar refractivity (Wildman–Crippen MR) is 92.6 cm³/mol. The summed E-state index contributed by atoms with van der Waals surface area (Å²) in [6, 6.07) is 12.8. The number of benzene rings is 2. The van der Waals surface area contributed by atoms with Gasteiger partial charge in [0.2, 0.25) is 0 Å². The van der Waals surface area contributed by atoms with E-state index < -0.39 is 0 Å². The van der Waals surface area contributed by atoms with Gasteiger partial charge in [-0.15, -0.1) is 0 Å². The summed E-state index contributed by atoms with van der Waals surface area (Å²) < 4.78 is 5.80. The standard InChI is InChI=1S/C19H21N3O/c1-12-9-16-17(10-13(12)2)22-19(21-16)15-5-3-14(4-6-15)18-11-20-7-8-23-18/h3-6,9-10,18,20H,7-8,11H2,1-2H3,(H,21,22)/t18-/m1/s1. The number of nitrogens with one attached hydrogen (secondary N) is 2. The molecule has 0 aliphatic carbocycles. The van der Waals surface area contributed by atoms with E-state index in [-0.39, 0.29) is 6.10 Å². The number of morpholine rings is 1. The quantitative estimate of drug-likeness (QED) is 0.762. The molecule has 4 heteroatoms. The summed E-state index contributed by atoms with van der Waals surface area (Å²) in [5, 5.41) is 3.36. The summed E-state index contributed by atoms with van der Waals surface area (Å²) in [6.07, 6.45) is 0.152. The van der Waals surface area contributed by atoms with E-state index in [1.165, 1.54) is 16.7 Å². The Balaban J connectivity index is 1.65. The van der Waals surface area contributed by atoms with E-state index in [9.17, 15) is 0 Å². The highest BCUT2D eigenvalue weighted by molar-refractivity contribution is 5.81. The third-order valence-corrected chi connectivity index (χ3v) is 4.58. The Bertz CT molecular complexity index is 791. The number of aromatic amines is 1. The Kier molecular flexibility index (Phi) is 3.63. The largest absolute Gasteiger partial charge is 0.371 e. The third kappa shape index (κ3) is 2.76. The first-order chi connectivity index (χ1) is 11.2. The predicted octanol–water partition coefficient (Wildman–Crippen LogP) is 3.51. The highest BCUT2D eigenvalue weighted by atomic mass is 16.5. The molecule has 4 rings (SSSR count). The number of rotatable bonds is 2. The van der Waals surface area contributed by atoms with Crippen LogP contribution in [0, 0.1) is 13.8 Å². The van der Waals surface area contributed by atoms with Gasteiger partial charge in [-0.2, -0.15) is 0 Å². The van der Waals surface area contributed by atoms with Gasteiger partial charge in [-0.1, -0.05) is 24.3 Å². The smallest absolute Gasteiger partial charge is 0.138 e. The number of imidazole rings is 1. The maximum absolute atomic E-state index is 5.80. The lowest BCUT2D eigenvalue weighted by Crippen LogP contribution is -2.33. The zero-order chi connectivity index (χ0) is 15.8. The molecule has 1 aliphatic rings. The van der Waals surface area contributed by atoms with Crippen molar-refractivity contribution in [3.63, 3.8) is 0 Å². The Labute approximate surface area is 135 Å². The van der Waals surface area contributed by atoms with Crippen LogP contribution in [0.2, 0.25) is 0 Å². The van der Waals surface area contributed by atoms with Crippen LogP contribution in [0.5, 0.6) is 0 Å². The summed E-state index contributed by atoms with van der Waals surface area (Å²) in [5.41, 5.74) is 6.98. The number of fused-ring (bicyclic) bond motifs is 1. The minimum absolute atomic E-state index is 0.152. The van der Waals surface area contributed by atoms with Gasteiger partial charge in [0.15, 0.2) is 0 Å². The number of aromatic nitrogens is 2. The average Bonchev–Trinajstić information content (AvgIpc) is 2.99. The summed E-state index contributed by atoms with van der Waals surface area (Å²) in [7, 11) is 0. The van der Waals surface area contributed by atoms with Gasteiger partial charge >= 0.3 is 0 Å². The van der Waals surface area contributed by atoms with Crippen molar-refractivity contribution in [3.8, 4) is 11.4 Å². The van der Waals surface area contributed by atoms with Gasteiger partial charge in [0.1, 0.15) is 5.82 Å². The number of nitrogens with zero attached hydrogens (tertiary/aromatic N) is 1. The number of aryl methyl sites for hydroxylation is 2. The Hall–Kier alpha value is -2.17. The Morgan fingerprint density at radius 1 is 1.09 bits per heavy atom. The molecule has 23 heavy (non-hydrogen) atoms. The monoisotopic (exact) mass is 307 g/mol. The SMILES string of the molecule is Cc1cc2nc(-c3ccc([C@H]4CNCCO4)cc3)[nH]c2cc1C. The molecule has 1 saturated heterocycles. The Morgan fingerprint density at radius 3 is 2.61 bits per heavy atom. The minimum Gasteiger partial charge on any atom is -0.371 e. The van der Waals surface area contributed by atoms with E-state index in [4.69, 9.17) is 9.72 Å². The molecule has 2 aromatic carbocycles. The highest BCUT2D eigenvalue weighted by Gasteiger charge is 2.15. The van der Waals surface area contributed by atoms with Gasteiger partial charge in [-0.05, 0) is 42.7 Å². The Morgan fingerprint density at radius 2 is 1.87 bits per heavy atom. The number of hydrogen-bond acceptors (Lipinski definition) is 3. The maximum Gasteiger partial charge on any atom is 0.138 e. The van der Waals surface area contributed by atoms with Crippen LogP contribution >= 0.6 is 0 Å². The molecular weight excluding hydrogens is 286 g/mol. The third-order valence-electron chi connectivity index (χ3n) is 4.58. The lowest BCUT2D eigenvalue weighted by atomic mass is 10.1. The lowest BCUT2D eigenvalue weighted by molar-refractivity contribution is 0.0277. The fourth-order valence-electron chi connectivity index (χ4n) is 3.04. The first kappa shape index (κ1) is 14.4. The van der Waals surface area contributed by atoms with E-state index in [1.54, 1.807) is 0 Å². The first-order valence-electron chi connectivity index (χ1n) is 8.10. The van der Waals surface area contributed by atoms with Crippen molar-refractivity contribution in [1.82, 2.24) is 15.3 Å². The van der Waals surface area contributed by atoms with Gasteiger partial charge in [0, 0.05) is 18.7 Å². The highest BCUT2D eigenvalue weighted by Crippen LogP contribution is 2.25. The number of H-pyrrole nitrogens is 1. The van der Waals surface area contributed by atoms with Crippen LogP contribution in [-0.4, -0.2) is 29.7 Å². The normalized spacial score (nSPS) is 18.4. The van der Waals surface area contributed by atoms with Crippen molar-refractivity contribution in [3.05, 3.63) is 53.1 Å². The van der Waals surface area contributed by atoms with Crippen LogP contribution in [0.3, 0.4) is 0 Å². The van der Waals surface area contributed by atoms with Crippen LogP contribution in [0.4, 0.5) is 0 Å². The van der Waals surface area contributed by atoms with E-state index in [0.717, 1.165) is 42.1 Å². The fourth-order valence-corrected chi connectivity index (χ4v) is 3.04. The van der Waals surface area contributed by atoms with Gasteiger partial charge in [-0.3, -0.25) is 0 Å². The van der Waals surface area contributed by atoms with Crippen molar-refractivity contribution >= 4 is 11.0 Å². The maximum atomic E-state index is 5.80. The van der Waals surface area contributed by atoms with E-state index in [2.05, 4.69) is 60.5 Å². The summed E-state index contributed by atoms with van der Waals surface area (Å²) in [6.45, 7) is 6.84. The molecule has 1 aromatic heterocycles. The molecule has 4 nitrogen and oxygen atoms in total. The van der Waals surface area contributed by atoms with Crippen LogP contribution in [-0.2, 0) is 4.74 Å². The minimum atomic E-state index is 0.152. The van der Waals surface area contributed by atoms with Crippen molar-refractivity contribution in [2.45, 2.75) is 20.0 Å². The molecule has 0 saturated carbocycles. The molecule has 0 bridgehead atoms. The molecule has 2 N–H and O–H groups in total. The van der Waals surface area contributed by atoms with Crippen molar-refractivity contribution in [2.24, 2.45) is 0 Å². The van der Waals surface area contributed by atoms with Crippen LogP contribution < -0.4 is 5.32 Å². The summed E-state index contributed by atoms with van der Waals surface area (Å²) in [5.74, 6) is 0.916. The molecular formula is C19H21N3O. The molecule has 1 fully saturated rings. The first-order valence-corrected chi connectivity index (χ1v) is 8.10. The molecule has 1 atom stereocenters. The fraction of sp³-hybridized carbons (Fsp3) is 0.316. The van der Waals surface area contributed by atoms with Crippen LogP contribution in [0.15, 0.2) is 36.4 Å². The van der Waals surface area contributed by atoms with Gasteiger partial charge in [-0.25, -0.2) is 4.98 Å².